The fraction of sp³-hybridized carbons (Fsp3) is 0.571. The summed E-state index contributed by atoms with van der Waals surface area (Å²) in [5.41, 5.74) is 1.97. The van der Waals surface area contributed by atoms with Crippen molar-refractivity contribution in [2.24, 2.45) is 0 Å². The van der Waals surface area contributed by atoms with Gasteiger partial charge in [0.25, 0.3) is 0 Å². The molecule has 3 rings (SSSR count). The number of aliphatic hydroxyl groups is 1. The topological polar surface area (TPSA) is 111 Å². The van der Waals surface area contributed by atoms with Gasteiger partial charge in [-0.15, -0.1) is 0 Å². The summed E-state index contributed by atoms with van der Waals surface area (Å²) >= 11 is 0. The predicted molar refractivity (Wildman–Crippen MR) is 110 cm³/mol. The average Bonchev–Trinajstić information content (AvgIpc) is 3.10. The lowest BCUT2D eigenvalue weighted by Crippen LogP contribution is -2.44. The Balaban J connectivity index is 1.61. The van der Waals surface area contributed by atoms with Gasteiger partial charge in [0.1, 0.15) is 0 Å². The van der Waals surface area contributed by atoms with E-state index in [0.29, 0.717) is 12.1 Å². The Kier molecular flexibility index (Phi) is 6.74. The number of nitrogens with zero attached hydrogens (tertiary/aromatic N) is 1. The minimum absolute atomic E-state index is 0.00217. The van der Waals surface area contributed by atoms with Crippen molar-refractivity contribution in [3.8, 4) is 0 Å². The number of anilines is 1. The van der Waals surface area contributed by atoms with Crippen molar-refractivity contribution in [2.75, 3.05) is 38.6 Å². The summed E-state index contributed by atoms with van der Waals surface area (Å²) in [6.07, 6.45) is 4.68. The molecule has 0 saturated carbocycles. The maximum absolute atomic E-state index is 12.6. The number of hydrogen-bond donors (Lipinski definition) is 4. The molecule has 29 heavy (non-hydrogen) atoms. The summed E-state index contributed by atoms with van der Waals surface area (Å²) in [7, 11) is 1.55. The van der Waals surface area contributed by atoms with Crippen molar-refractivity contribution in [3.63, 3.8) is 0 Å². The van der Waals surface area contributed by atoms with E-state index >= 15 is 0 Å². The molecule has 1 aliphatic heterocycles. The number of urea groups is 1. The van der Waals surface area contributed by atoms with E-state index in [4.69, 9.17) is 0 Å². The molecule has 1 aliphatic carbocycles. The van der Waals surface area contributed by atoms with E-state index < -0.39 is 5.41 Å². The zero-order valence-corrected chi connectivity index (χ0v) is 16.9. The number of nitrogens with one attached hydrogen (secondary N) is 3. The van der Waals surface area contributed by atoms with E-state index in [9.17, 15) is 19.5 Å². The number of benzene rings is 1. The number of fused-ring (bicyclic) bond motifs is 1. The largest absolute Gasteiger partial charge is 0.395 e. The highest BCUT2D eigenvalue weighted by Gasteiger charge is 2.40. The first-order valence-electron chi connectivity index (χ1n) is 10.2. The summed E-state index contributed by atoms with van der Waals surface area (Å²) in [6.45, 7) is 1.38. The molecular formula is C21H30N4O4. The molecule has 0 unspecified atom stereocenters. The quantitative estimate of drug-likeness (QED) is 0.572. The fourth-order valence-electron chi connectivity index (χ4n) is 4.30. The lowest BCUT2D eigenvalue weighted by Gasteiger charge is -2.29. The average molecular weight is 402 g/mol. The van der Waals surface area contributed by atoms with Gasteiger partial charge in [-0.2, -0.15) is 0 Å². The molecule has 1 aromatic rings. The van der Waals surface area contributed by atoms with Crippen LogP contribution in [0.2, 0.25) is 0 Å². The van der Waals surface area contributed by atoms with Crippen LogP contribution in [0.15, 0.2) is 18.2 Å². The van der Waals surface area contributed by atoms with Crippen LogP contribution >= 0.6 is 0 Å². The molecule has 0 aromatic heterocycles. The third-order valence-corrected chi connectivity index (χ3v) is 5.98. The van der Waals surface area contributed by atoms with Crippen LogP contribution in [0.4, 0.5) is 10.5 Å². The normalized spacial score (nSPS) is 20.7. The van der Waals surface area contributed by atoms with Gasteiger partial charge in [0.15, 0.2) is 0 Å². The number of piperidine rings is 1. The number of hydrogen-bond acceptors (Lipinski definition) is 4. The summed E-state index contributed by atoms with van der Waals surface area (Å²) in [4.78, 5) is 38.1. The first kappa shape index (κ1) is 21.1. The Bertz CT molecular complexity index is 776. The van der Waals surface area contributed by atoms with Crippen LogP contribution in [0.5, 0.6) is 0 Å². The van der Waals surface area contributed by atoms with Crippen molar-refractivity contribution in [1.29, 1.82) is 0 Å². The van der Waals surface area contributed by atoms with E-state index in [-0.39, 0.29) is 37.4 Å². The lowest BCUT2D eigenvalue weighted by molar-refractivity contribution is -0.134. The van der Waals surface area contributed by atoms with Crippen LogP contribution in [0.3, 0.4) is 0 Å². The third kappa shape index (κ3) is 4.87. The summed E-state index contributed by atoms with van der Waals surface area (Å²) in [5, 5.41) is 18.1. The number of aryl methyl sites for hydroxylation is 1. The fourth-order valence-corrected chi connectivity index (χ4v) is 4.30. The molecule has 8 nitrogen and oxygen atoms in total. The Labute approximate surface area is 171 Å². The van der Waals surface area contributed by atoms with Gasteiger partial charge in [-0.3, -0.25) is 9.59 Å². The first-order valence-corrected chi connectivity index (χ1v) is 10.2. The molecule has 0 radical (unpaired) electrons. The van der Waals surface area contributed by atoms with Crippen LogP contribution in [0.25, 0.3) is 0 Å². The van der Waals surface area contributed by atoms with Gasteiger partial charge in [-0.25, -0.2) is 4.79 Å². The minimum Gasteiger partial charge on any atom is -0.395 e. The summed E-state index contributed by atoms with van der Waals surface area (Å²) < 4.78 is 0. The third-order valence-electron chi connectivity index (χ3n) is 5.98. The Hall–Kier alpha value is -2.61. The van der Waals surface area contributed by atoms with Gasteiger partial charge in [0, 0.05) is 37.7 Å². The van der Waals surface area contributed by atoms with Crippen LogP contribution in [0.1, 0.15) is 43.2 Å². The molecule has 1 fully saturated rings. The molecule has 4 N–H and O–H groups in total. The number of rotatable bonds is 6. The van der Waals surface area contributed by atoms with Crippen LogP contribution in [0, 0.1) is 0 Å². The number of aliphatic hydroxyl groups excluding tert-OH is 1. The first-order chi connectivity index (χ1) is 14.0. The van der Waals surface area contributed by atoms with Gasteiger partial charge in [0.05, 0.1) is 13.2 Å². The molecule has 8 heteroatoms. The molecular weight excluding hydrogens is 372 g/mol. The molecule has 1 atom stereocenters. The molecule has 158 valence electrons. The SMILES string of the molecule is CNC(=O)Nc1ccc2c(c1)CC[C@]2(CO)CC(=O)NCC(=O)N1CCCCC1. The number of carbonyl (C=O) groups excluding carboxylic acids is 3. The van der Waals surface area contributed by atoms with E-state index in [1.54, 1.807) is 18.0 Å². The van der Waals surface area contributed by atoms with E-state index in [1.165, 1.54) is 0 Å². The lowest BCUT2D eigenvalue weighted by atomic mass is 9.79. The van der Waals surface area contributed by atoms with Crippen molar-refractivity contribution in [2.45, 2.75) is 43.9 Å². The Morgan fingerprint density at radius 3 is 2.62 bits per heavy atom. The molecule has 4 amide bonds. The molecule has 2 aliphatic rings. The Morgan fingerprint density at radius 2 is 1.93 bits per heavy atom. The number of amides is 4. The zero-order valence-electron chi connectivity index (χ0n) is 16.9. The van der Waals surface area contributed by atoms with Gasteiger partial charge in [-0.1, -0.05) is 6.07 Å². The summed E-state index contributed by atoms with van der Waals surface area (Å²) in [5.74, 6) is -0.280. The van der Waals surface area contributed by atoms with Crippen LogP contribution in [-0.4, -0.2) is 61.1 Å². The molecule has 1 saturated heterocycles. The highest BCUT2D eigenvalue weighted by Crippen LogP contribution is 2.42. The van der Waals surface area contributed by atoms with Gasteiger partial charge in [-0.05, 0) is 55.4 Å². The number of carbonyl (C=O) groups is 3. The van der Waals surface area contributed by atoms with Crippen molar-refractivity contribution in [1.82, 2.24) is 15.5 Å². The smallest absolute Gasteiger partial charge is 0.318 e. The second-order valence-electron chi connectivity index (χ2n) is 7.91. The molecule has 1 heterocycles. The van der Waals surface area contributed by atoms with E-state index in [2.05, 4.69) is 16.0 Å². The molecule has 0 bridgehead atoms. The van der Waals surface area contributed by atoms with E-state index in [0.717, 1.165) is 49.9 Å². The van der Waals surface area contributed by atoms with Gasteiger partial charge < -0.3 is 26.0 Å². The highest BCUT2D eigenvalue weighted by molar-refractivity contribution is 5.89. The molecule has 1 aromatic carbocycles. The van der Waals surface area contributed by atoms with Gasteiger partial charge in [0.2, 0.25) is 11.8 Å². The van der Waals surface area contributed by atoms with Crippen LogP contribution < -0.4 is 16.0 Å². The predicted octanol–water partition coefficient (Wildman–Crippen LogP) is 1.13. The van der Waals surface area contributed by atoms with Crippen molar-refractivity contribution >= 4 is 23.5 Å². The number of likely N-dealkylation sites (tertiary alicyclic amines) is 1. The second-order valence-corrected chi connectivity index (χ2v) is 7.91. The molecule has 0 spiro atoms. The van der Waals surface area contributed by atoms with Crippen LogP contribution in [-0.2, 0) is 21.4 Å². The van der Waals surface area contributed by atoms with E-state index in [1.807, 2.05) is 12.1 Å². The standard InChI is InChI=1S/C21H30N4O4/c1-22-20(29)24-16-5-6-17-15(11-16)7-8-21(17,14-26)12-18(27)23-13-19(28)25-9-3-2-4-10-25/h5-6,11,26H,2-4,7-10,12-14H2,1H3,(H,23,27)(H2,22,24,29)/t21-/m1/s1. The monoisotopic (exact) mass is 402 g/mol. The maximum atomic E-state index is 12.6. The minimum atomic E-state index is -0.654. The maximum Gasteiger partial charge on any atom is 0.318 e. The van der Waals surface area contributed by atoms with Crippen molar-refractivity contribution < 1.29 is 19.5 Å². The van der Waals surface area contributed by atoms with Crippen molar-refractivity contribution in [3.05, 3.63) is 29.3 Å². The Morgan fingerprint density at radius 1 is 1.17 bits per heavy atom. The second kappa shape index (κ2) is 9.26. The zero-order chi connectivity index (χ0) is 20.9. The van der Waals surface area contributed by atoms with Gasteiger partial charge >= 0.3 is 6.03 Å². The highest BCUT2D eigenvalue weighted by atomic mass is 16.3. The summed E-state index contributed by atoms with van der Waals surface area (Å²) in [6, 6.07) is 5.24.